The molecule has 1 fully saturated rings. The number of nitrogens with one attached hydrogen (secondary N) is 2. The maximum atomic E-state index is 13.0. The van der Waals surface area contributed by atoms with Gasteiger partial charge in [0.1, 0.15) is 5.75 Å². The number of ether oxygens (including phenoxy) is 2. The fraction of sp³-hybridized carbons (Fsp3) is 0.381. The van der Waals surface area contributed by atoms with Crippen LogP contribution < -0.4 is 15.9 Å². The number of benzene rings is 1. The molecule has 156 valence electrons. The smallest absolute Gasteiger partial charge is 0.271 e. The van der Waals surface area contributed by atoms with E-state index in [1.54, 1.807) is 13.2 Å². The quantitative estimate of drug-likeness (QED) is 0.669. The molecule has 0 amide bonds. The zero-order valence-corrected chi connectivity index (χ0v) is 17.5. The van der Waals surface area contributed by atoms with Crippen LogP contribution >= 0.6 is 11.8 Å². The van der Waals surface area contributed by atoms with Gasteiger partial charge in [0.15, 0.2) is 5.82 Å². The predicted octanol–water partition coefficient (Wildman–Crippen LogP) is 3.26. The van der Waals surface area contributed by atoms with Gasteiger partial charge >= 0.3 is 0 Å². The van der Waals surface area contributed by atoms with Gasteiger partial charge in [-0.05, 0) is 44.0 Å². The molecule has 8 nitrogen and oxygen atoms in total. The first-order valence-electron chi connectivity index (χ1n) is 9.90. The van der Waals surface area contributed by atoms with Crippen molar-refractivity contribution in [2.45, 2.75) is 31.1 Å². The van der Waals surface area contributed by atoms with E-state index < -0.39 is 5.25 Å². The lowest BCUT2D eigenvalue weighted by Gasteiger charge is -2.26. The Labute approximate surface area is 176 Å². The molecule has 0 aliphatic carbocycles. The van der Waals surface area contributed by atoms with Crippen LogP contribution in [0.5, 0.6) is 5.75 Å². The van der Waals surface area contributed by atoms with E-state index in [1.807, 2.05) is 29.8 Å². The van der Waals surface area contributed by atoms with Crippen LogP contribution in [0.4, 0.5) is 5.82 Å². The van der Waals surface area contributed by atoms with Crippen LogP contribution in [0.25, 0.3) is 10.9 Å². The highest BCUT2D eigenvalue weighted by Crippen LogP contribution is 2.44. The minimum absolute atomic E-state index is 0.134. The van der Waals surface area contributed by atoms with E-state index in [9.17, 15) is 9.59 Å². The highest BCUT2D eigenvalue weighted by Gasteiger charge is 2.33. The van der Waals surface area contributed by atoms with E-state index in [1.165, 1.54) is 11.8 Å². The second-order valence-corrected chi connectivity index (χ2v) is 8.83. The summed E-state index contributed by atoms with van der Waals surface area (Å²) in [5.74, 6) is 1.33. The predicted molar refractivity (Wildman–Crippen MR) is 117 cm³/mol. The van der Waals surface area contributed by atoms with E-state index in [-0.39, 0.29) is 17.2 Å². The van der Waals surface area contributed by atoms with E-state index in [0.717, 1.165) is 28.8 Å². The number of fused-ring (bicyclic) bond motifs is 2. The number of thioether (sulfide) groups is 1. The minimum atomic E-state index is -0.429. The second kappa shape index (κ2) is 7.48. The van der Waals surface area contributed by atoms with E-state index in [2.05, 4.69) is 15.1 Å². The molecule has 30 heavy (non-hydrogen) atoms. The van der Waals surface area contributed by atoms with Gasteiger partial charge in [-0.15, -0.1) is 0 Å². The maximum absolute atomic E-state index is 13.0. The van der Waals surface area contributed by atoms with E-state index in [4.69, 9.17) is 9.47 Å². The lowest BCUT2D eigenvalue weighted by Crippen LogP contribution is -2.21. The second-order valence-electron chi connectivity index (χ2n) is 7.53. The first-order chi connectivity index (χ1) is 14.5. The van der Waals surface area contributed by atoms with Gasteiger partial charge in [-0.3, -0.25) is 19.4 Å². The summed E-state index contributed by atoms with van der Waals surface area (Å²) in [5.41, 5.74) is 1.39. The first-order valence-corrected chi connectivity index (χ1v) is 10.8. The summed E-state index contributed by atoms with van der Waals surface area (Å²) in [6.07, 6.45) is 1.64. The van der Waals surface area contributed by atoms with Crippen LogP contribution in [0.3, 0.4) is 0 Å². The van der Waals surface area contributed by atoms with Crippen molar-refractivity contribution in [3.63, 3.8) is 0 Å². The minimum Gasteiger partial charge on any atom is -0.497 e. The summed E-state index contributed by atoms with van der Waals surface area (Å²) in [7, 11) is 1.61. The highest BCUT2D eigenvalue weighted by atomic mass is 32.2. The van der Waals surface area contributed by atoms with Crippen LogP contribution in [0.1, 0.15) is 42.2 Å². The summed E-state index contributed by atoms with van der Waals surface area (Å²) in [6.45, 7) is 3.23. The molecule has 0 bridgehead atoms. The van der Waals surface area contributed by atoms with Crippen molar-refractivity contribution in [1.82, 2.24) is 14.8 Å². The molecule has 2 aromatic heterocycles. The van der Waals surface area contributed by atoms with Crippen LogP contribution in [-0.2, 0) is 4.74 Å². The van der Waals surface area contributed by atoms with Gasteiger partial charge in [0.25, 0.3) is 11.1 Å². The molecule has 2 aliphatic rings. The fourth-order valence-electron chi connectivity index (χ4n) is 4.16. The summed E-state index contributed by atoms with van der Waals surface area (Å²) < 4.78 is 12.6. The Balaban J connectivity index is 1.66. The van der Waals surface area contributed by atoms with E-state index >= 15 is 0 Å². The molecule has 1 aromatic carbocycles. The Kier molecular flexibility index (Phi) is 4.79. The molecular weight excluding hydrogens is 404 g/mol. The standard InChI is InChI=1S/C21H22N4O4S/c1-11-22-19-17(21(27)24-25(19)13-5-7-29-8-6-13)18(30-11)15-10-12-9-14(28-2)3-4-16(12)23-20(15)26/h3-4,9-10,13,18H,5-8H2,1-2H3,(H,23,26)(H,24,27). The number of H-pyrrole nitrogens is 2. The summed E-state index contributed by atoms with van der Waals surface area (Å²) >= 11 is 1.43. The molecule has 5 rings (SSSR count). The Bertz CT molecular complexity index is 1270. The molecule has 1 saturated heterocycles. The number of hydrogen-bond donors (Lipinski definition) is 2. The zero-order valence-electron chi connectivity index (χ0n) is 16.7. The van der Waals surface area contributed by atoms with Gasteiger partial charge < -0.3 is 14.5 Å². The third-order valence-electron chi connectivity index (χ3n) is 5.67. The molecular formula is C21H22N4O4S. The average Bonchev–Trinajstić information content (AvgIpc) is 3.09. The maximum Gasteiger partial charge on any atom is 0.271 e. The number of aromatic nitrogens is 3. The molecule has 2 N–H and O–H groups in total. The Hall–Kier alpha value is -2.78. The third kappa shape index (κ3) is 3.18. The van der Waals surface area contributed by atoms with Gasteiger partial charge in [0.05, 0.1) is 29.0 Å². The van der Waals surface area contributed by atoms with Gasteiger partial charge in [-0.25, -0.2) is 4.99 Å². The summed E-state index contributed by atoms with van der Waals surface area (Å²) in [5, 5.41) is 4.21. The first kappa shape index (κ1) is 19.2. The summed E-state index contributed by atoms with van der Waals surface area (Å²) in [4.78, 5) is 33.5. The van der Waals surface area contributed by atoms with Crippen molar-refractivity contribution in [3.05, 3.63) is 56.1 Å². The van der Waals surface area contributed by atoms with Crippen LogP contribution in [0, 0.1) is 0 Å². The molecule has 1 atom stereocenters. The van der Waals surface area contributed by atoms with Crippen molar-refractivity contribution in [1.29, 1.82) is 0 Å². The van der Waals surface area contributed by atoms with Gasteiger partial charge in [-0.2, -0.15) is 0 Å². The van der Waals surface area contributed by atoms with Crippen molar-refractivity contribution >= 4 is 33.5 Å². The van der Waals surface area contributed by atoms with Crippen molar-refractivity contribution in [3.8, 4) is 5.75 Å². The molecule has 9 heteroatoms. The fourth-order valence-corrected chi connectivity index (χ4v) is 5.27. The number of nitrogens with zero attached hydrogens (tertiary/aromatic N) is 2. The number of rotatable bonds is 3. The Morgan fingerprint density at radius 2 is 2.00 bits per heavy atom. The number of hydrogen-bond acceptors (Lipinski definition) is 6. The molecule has 1 unspecified atom stereocenters. The SMILES string of the molecule is COc1ccc2[nH]c(=O)c(C3SC(C)=Nc4c3c(=O)[nH]n4C3CCOCC3)cc2c1. The lowest BCUT2D eigenvalue weighted by atomic mass is 10.0. The molecule has 0 radical (unpaired) electrons. The molecule has 0 spiro atoms. The number of aromatic amines is 2. The monoisotopic (exact) mass is 426 g/mol. The molecule has 4 heterocycles. The average molecular weight is 426 g/mol. The van der Waals surface area contributed by atoms with Crippen molar-refractivity contribution in [2.75, 3.05) is 20.3 Å². The van der Waals surface area contributed by atoms with Crippen LogP contribution in [0.15, 0.2) is 38.8 Å². The highest BCUT2D eigenvalue weighted by molar-refractivity contribution is 8.14. The van der Waals surface area contributed by atoms with Gasteiger partial charge in [0.2, 0.25) is 0 Å². The molecule has 3 aromatic rings. The third-order valence-corrected chi connectivity index (χ3v) is 6.83. The van der Waals surface area contributed by atoms with Crippen molar-refractivity contribution < 1.29 is 9.47 Å². The number of methoxy groups -OCH3 is 1. The number of pyridine rings is 1. The normalized spacial score (nSPS) is 19.5. The Morgan fingerprint density at radius 1 is 1.20 bits per heavy atom. The summed E-state index contributed by atoms with van der Waals surface area (Å²) in [6, 6.07) is 7.49. The topological polar surface area (TPSA) is 101 Å². The molecule has 2 aliphatic heterocycles. The van der Waals surface area contributed by atoms with Crippen LogP contribution in [0.2, 0.25) is 0 Å². The van der Waals surface area contributed by atoms with Gasteiger partial charge in [0, 0.05) is 29.7 Å². The number of aliphatic imine (C=N–C) groups is 1. The van der Waals surface area contributed by atoms with Crippen LogP contribution in [-0.4, -0.2) is 40.1 Å². The largest absolute Gasteiger partial charge is 0.497 e. The van der Waals surface area contributed by atoms with E-state index in [0.29, 0.717) is 35.9 Å². The van der Waals surface area contributed by atoms with Gasteiger partial charge in [-0.1, -0.05) is 11.8 Å². The lowest BCUT2D eigenvalue weighted by molar-refractivity contribution is 0.0666. The molecule has 0 saturated carbocycles. The zero-order chi connectivity index (χ0) is 20.8. The van der Waals surface area contributed by atoms with Crippen molar-refractivity contribution in [2.24, 2.45) is 4.99 Å². The Morgan fingerprint density at radius 3 is 2.77 bits per heavy atom.